The molecule has 5 heterocycles. The number of para-hydroxylation sites is 3. The van der Waals surface area contributed by atoms with Crippen LogP contribution >= 0.6 is 0 Å². The lowest BCUT2D eigenvalue weighted by atomic mass is 10.1. The van der Waals surface area contributed by atoms with Crippen molar-refractivity contribution in [2.75, 3.05) is 0 Å². The lowest BCUT2D eigenvalue weighted by Crippen LogP contribution is -2.21. The second-order valence-electron chi connectivity index (χ2n) is 14.2. The summed E-state index contributed by atoms with van der Waals surface area (Å²) >= 11 is 0. The van der Waals surface area contributed by atoms with Crippen molar-refractivity contribution in [1.82, 2.24) is 28.1 Å². The Morgan fingerprint density at radius 3 is 1.77 bits per heavy atom. The molecule has 8 nitrogen and oxygen atoms in total. The fourth-order valence-corrected chi connectivity index (χ4v) is 8.78. The minimum atomic E-state index is -0.480. The topological polar surface area (TPSA) is 78.6 Å². The van der Waals surface area contributed by atoms with Gasteiger partial charge in [0.25, 0.3) is 5.56 Å². The van der Waals surface area contributed by atoms with Gasteiger partial charge in [0.15, 0.2) is 11.3 Å². The van der Waals surface area contributed by atoms with Gasteiger partial charge in [-0.3, -0.25) is 9.59 Å². The summed E-state index contributed by atoms with van der Waals surface area (Å²) in [6, 6.07) is 57.1. The highest BCUT2D eigenvalue weighted by molar-refractivity contribution is 6.26. The Bertz CT molecular complexity index is 3680. The molecule has 12 aromatic rings. The van der Waals surface area contributed by atoms with Crippen molar-refractivity contribution in [2.45, 2.75) is 0 Å². The summed E-state index contributed by atoms with van der Waals surface area (Å²) in [5, 5.41) is 4.95. The monoisotopic (exact) mass is 720 g/mol. The number of hydrogen-bond acceptors (Lipinski definition) is 4. The van der Waals surface area contributed by atoms with Gasteiger partial charge in [0.2, 0.25) is 0 Å². The Kier molecular flexibility index (Phi) is 6.19. The normalized spacial score (nSPS) is 12.1. The van der Waals surface area contributed by atoms with Crippen LogP contribution in [0.15, 0.2) is 179 Å². The number of benzene rings is 7. The van der Waals surface area contributed by atoms with Gasteiger partial charge in [-0.25, -0.2) is 14.5 Å². The molecule has 262 valence electrons. The summed E-state index contributed by atoms with van der Waals surface area (Å²) in [6.07, 6.45) is 0. The Morgan fingerprint density at radius 2 is 1.02 bits per heavy atom. The van der Waals surface area contributed by atoms with Crippen LogP contribution < -0.4 is 11.1 Å². The standard InChI is InChI=1S/C48H28N6O2/c55-47-36-25-24-32(28-40(36)53-45-42(29-14-4-1-5-15-29)49-46(30-16-6-2-7-17-30)50-43(45)48(56)54(47)53)52-37-22-12-10-20-33(37)34-26-27-39-41(44(34)52)35-21-11-13-23-38(35)51(39)31-18-8-3-9-19-31/h1-28H. The third-order valence-electron chi connectivity index (χ3n) is 11.1. The SMILES string of the molecule is O=c1c2ccc(-n3c4ccccc4c4ccc5c(c6ccccc6n5-c5ccccc5)c43)cc2n2c3c(-c4ccccc4)nc(-c4ccccc4)nc3c(=O)n12. The van der Waals surface area contributed by atoms with E-state index in [2.05, 4.69) is 94.1 Å². The van der Waals surface area contributed by atoms with Gasteiger partial charge < -0.3 is 9.13 Å². The molecule has 0 spiro atoms. The van der Waals surface area contributed by atoms with Crippen LogP contribution in [0.5, 0.6) is 0 Å². The van der Waals surface area contributed by atoms with Gasteiger partial charge in [0.05, 0.1) is 33.0 Å². The Hall–Kier alpha value is -7.84. The third kappa shape index (κ3) is 4.07. The van der Waals surface area contributed by atoms with Gasteiger partial charge in [-0.05, 0) is 48.5 Å². The van der Waals surface area contributed by atoms with E-state index in [-0.39, 0.29) is 5.52 Å². The van der Waals surface area contributed by atoms with E-state index in [0.717, 1.165) is 66.1 Å². The first-order chi connectivity index (χ1) is 27.7. The molecule has 5 aromatic heterocycles. The van der Waals surface area contributed by atoms with Crippen LogP contribution in [0.4, 0.5) is 0 Å². The van der Waals surface area contributed by atoms with Crippen LogP contribution in [0.1, 0.15) is 0 Å². The van der Waals surface area contributed by atoms with Crippen LogP contribution in [0, 0.1) is 0 Å². The average molecular weight is 721 g/mol. The van der Waals surface area contributed by atoms with E-state index < -0.39 is 11.1 Å². The second-order valence-corrected chi connectivity index (χ2v) is 14.2. The molecule has 0 amide bonds. The lowest BCUT2D eigenvalue weighted by Gasteiger charge is -2.11. The summed E-state index contributed by atoms with van der Waals surface area (Å²) < 4.78 is 7.56. The van der Waals surface area contributed by atoms with Gasteiger partial charge in [0, 0.05) is 44.0 Å². The zero-order valence-corrected chi connectivity index (χ0v) is 29.7. The maximum Gasteiger partial charge on any atom is 0.301 e. The fourth-order valence-electron chi connectivity index (χ4n) is 8.78. The summed E-state index contributed by atoms with van der Waals surface area (Å²) in [4.78, 5) is 38.5. The molecule has 0 bridgehead atoms. The van der Waals surface area contributed by atoms with Gasteiger partial charge in [-0.1, -0.05) is 121 Å². The van der Waals surface area contributed by atoms with Crippen molar-refractivity contribution in [3.63, 3.8) is 0 Å². The summed E-state index contributed by atoms with van der Waals surface area (Å²) in [5.74, 6) is 0.421. The number of fused-ring (bicyclic) bond motifs is 12. The van der Waals surface area contributed by atoms with Crippen molar-refractivity contribution in [1.29, 1.82) is 0 Å². The smallest absolute Gasteiger partial charge is 0.301 e. The van der Waals surface area contributed by atoms with E-state index in [4.69, 9.17) is 9.97 Å². The predicted molar refractivity (Wildman–Crippen MR) is 225 cm³/mol. The highest BCUT2D eigenvalue weighted by Crippen LogP contribution is 2.42. The van der Waals surface area contributed by atoms with E-state index in [1.807, 2.05) is 84.9 Å². The largest absolute Gasteiger partial charge is 0.309 e. The number of nitrogens with zero attached hydrogens (tertiary/aromatic N) is 6. The molecule has 12 rings (SSSR count). The molecule has 0 aliphatic carbocycles. The quantitative estimate of drug-likeness (QED) is 0.181. The summed E-state index contributed by atoms with van der Waals surface area (Å²) in [5.41, 5.74) is 8.81. The van der Waals surface area contributed by atoms with Crippen molar-refractivity contribution in [3.05, 3.63) is 191 Å². The first-order valence-corrected chi connectivity index (χ1v) is 18.5. The molecule has 0 fully saturated rings. The molecule has 0 saturated carbocycles. The van der Waals surface area contributed by atoms with Crippen molar-refractivity contribution < 1.29 is 0 Å². The lowest BCUT2D eigenvalue weighted by molar-refractivity contribution is 0.840. The minimum Gasteiger partial charge on any atom is -0.309 e. The van der Waals surface area contributed by atoms with Crippen LogP contribution in [-0.4, -0.2) is 28.1 Å². The molecule has 0 atom stereocenters. The van der Waals surface area contributed by atoms with E-state index in [9.17, 15) is 9.59 Å². The molecule has 0 saturated heterocycles. The van der Waals surface area contributed by atoms with Gasteiger partial charge in [0.1, 0.15) is 11.2 Å². The zero-order chi connectivity index (χ0) is 37.1. The van der Waals surface area contributed by atoms with Gasteiger partial charge in [-0.2, -0.15) is 4.52 Å². The van der Waals surface area contributed by atoms with E-state index in [0.29, 0.717) is 27.9 Å². The maximum absolute atomic E-state index is 14.3. The Morgan fingerprint density at radius 1 is 0.393 bits per heavy atom. The summed E-state index contributed by atoms with van der Waals surface area (Å²) in [6.45, 7) is 0. The van der Waals surface area contributed by atoms with Crippen molar-refractivity contribution in [3.8, 4) is 34.0 Å². The molecular formula is C48H28N6O2. The molecule has 8 heteroatoms. The molecule has 0 radical (unpaired) electrons. The highest BCUT2D eigenvalue weighted by atomic mass is 16.2. The Labute approximate surface area is 317 Å². The highest BCUT2D eigenvalue weighted by Gasteiger charge is 2.26. The Balaban J connectivity index is 1.22. The third-order valence-corrected chi connectivity index (χ3v) is 11.1. The zero-order valence-electron chi connectivity index (χ0n) is 29.7. The molecule has 0 unspecified atom stereocenters. The van der Waals surface area contributed by atoms with Crippen LogP contribution in [0.3, 0.4) is 0 Å². The molecule has 7 aromatic carbocycles. The van der Waals surface area contributed by atoms with Crippen LogP contribution in [0.25, 0.3) is 99.6 Å². The van der Waals surface area contributed by atoms with E-state index >= 15 is 0 Å². The maximum atomic E-state index is 14.3. The van der Waals surface area contributed by atoms with Gasteiger partial charge >= 0.3 is 5.56 Å². The molecule has 56 heavy (non-hydrogen) atoms. The molecule has 0 aliphatic heterocycles. The van der Waals surface area contributed by atoms with E-state index in [1.165, 1.54) is 4.52 Å². The van der Waals surface area contributed by atoms with Crippen LogP contribution in [-0.2, 0) is 0 Å². The first kappa shape index (κ1) is 30.6. The first-order valence-electron chi connectivity index (χ1n) is 18.5. The molecular weight excluding hydrogens is 693 g/mol. The van der Waals surface area contributed by atoms with Crippen LogP contribution in [0.2, 0.25) is 0 Å². The van der Waals surface area contributed by atoms with Gasteiger partial charge in [-0.15, -0.1) is 0 Å². The summed E-state index contributed by atoms with van der Waals surface area (Å²) in [7, 11) is 0. The number of aromatic nitrogens is 6. The van der Waals surface area contributed by atoms with Crippen molar-refractivity contribution >= 4 is 65.5 Å². The number of rotatable bonds is 4. The molecule has 0 aliphatic rings. The number of hydrogen-bond donors (Lipinski definition) is 0. The predicted octanol–water partition coefficient (Wildman–Crippen LogP) is 9.82. The minimum absolute atomic E-state index is 0.189. The molecule has 0 N–H and O–H groups in total. The second kappa shape index (κ2) is 11.3. The van der Waals surface area contributed by atoms with E-state index in [1.54, 1.807) is 4.52 Å². The van der Waals surface area contributed by atoms with Crippen molar-refractivity contribution in [2.24, 2.45) is 0 Å². The fraction of sp³-hybridized carbons (Fsp3) is 0. The average Bonchev–Trinajstić information content (AvgIpc) is 3.96.